The lowest BCUT2D eigenvalue weighted by atomic mass is 10.1. The van der Waals surface area contributed by atoms with Crippen molar-refractivity contribution in [1.29, 1.82) is 0 Å². The maximum absolute atomic E-state index is 5.79. The Morgan fingerprint density at radius 1 is 0.818 bits per heavy atom. The van der Waals surface area contributed by atoms with Gasteiger partial charge >= 0.3 is 0 Å². The SMILES string of the molecule is COCCOCCOCCOc1cc(C)c(N(C)C)cc1C. The maximum atomic E-state index is 5.79. The molecule has 0 N–H and O–H groups in total. The van der Waals surface area contributed by atoms with Gasteiger partial charge in [-0.05, 0) is 37.1 Å². The van der Waals surface area contributed by atoms with Gasteiger partial charge in [0.2, 0.25) is 0 Å². The van der Waals surface area contributed by atoms with E-state index in [0.29, 0.717) is 39.6 Å². The number of ether oxygens (including phenoxy) is 4. The van der Waals surface area contributed by atoms with Crippen LogP contribution in [0.1, 0.15) is 11.1 Å². The second kappa shape index (κ2) is 10.4. The van der Waals surface area contributed by atoms with Gasteiger partial charge in [-0.15, -0.1) is 0 Å². The average Bonchev–Trinajstić information content (AvgIpc) is 2.48. The molecule has 0 aliphatic heterocycles. The number of methoxy groups -OCH3 is 1. The Morgan fingerprint density at radius 3 is 2.00 bits per heavy atom. The Balaban J connectivity index is 2.24. The second-order valence-electron chi connectivity index (χ2n) is 5.36. The number of hydrogen-bond acceptors (Lipinski definition) is 5. The number of rotatable bonds is 11. The molecule has 5 heteroatoms. The zero-order valence-corrected chi connectivity index (χ0v) is 14.5. The van der Waals surface area contributed by atoms with Gasteiger partial charge < -0.3 is 23.8 Å². The van der Waals surface area contributed by atoms with E-state index in [0.717, 1.165) is 11.3 Å². The first kappa shape index (κ1) is 18.7. The van der Waals surface area contributed by atoms with Crippen LogP contribution in [-0.4, -0.2) is 60.8 Å². The van der Waals surface area contributed by atoms with Gasteiger partial charge in [-0.2, -0.15) is 0 Å². The molecule has 5 nitrogen and oxygen atoms in total. The molecular weight excluding hydrogens is 282 g/mol. The van der Waals surface area contributed by atoms with Crippen LogP contribution in [0.4, 0.5) is 5.69 Å². The molecule has 0 unspecified atom stereocenters. The number of aryl methyl sites for hydroxylation is 2. The van der Waals surface area contributed by atoms with Crippen molar-refractivity contribution in [3.63, 3.8) is 0 Å². The first-order chi connectivity index (χ1) is 10.6. The van der Waals surface area contributed by atoms with Crippen molar-refractivity contribution in [3.05, 3.63) is 23.3 Å². The van der Waals surface area contributed by atoms with E-state index in [1.165, 1.54) is 11.3 Å². The summed E-state index contributed by atoms with van der Waals surface area (Å²) in [4.78, 5) is 2.11. The van der Waals surface area contributed by atoms with Crippen LogP contribution in [0.3, 0.4) is 0 Å². The van der Waals surface area contributed by atoms with Crippen LogP contribution < -0.4 is 9.64 Å². The van der Waals surface area contributed by atoms with E-state index < -0.39 is 0 Å². The molecule has 1 aromatic rings. The molecule has 0 amide bonds. The van der Waals surface area contributed by atoms with E-state index in [1.807, 2.05) is 14.1 Å². The predicted molar refractivity (Wildman–Crippen MR) is 89.3 cm³/mol. The third-order valence-electron chi connectivity index (χ3n) is 3.26. The third-order valence-corrected chi connectivity index (χ3v) is 3.26. The monoisotopic (exact) mass is 311 g/mol. The van der Waals surface area contributed by atoms with Crippen LogP contribution in [0.15, 0.2) is 12.1 Å². The molecule has 1 aromatic carbocycles. The van der Waals surface area contributed by atoms with Crippen molar-refractivity contribution in [2.45, 2.75) is 13.8 Å². The van der Waals surface area contributed by atoms with Gasteiger partial charge in [-0.25, -0.2) is 0 Å². The Morgan fingerprint density at radius 2 is 1.41 bits per heavy atom. The summed E-state index contributed by atoms with van der Waals surface area (Å²) in [7, 11) is 5.75. The lowest BCUT2D eigenvalue weighted by Crippen LogP contribution is -2.13. The van der Waals surface area contributed by atoms with Crippen LogP contribution in [0.5, 0.6) is 5.75 Å². The molecule has 0 aromatic heterocycles. The molecule has 0 saturated carbocycles. The summed E-state index contributed by atoms with van der Waals surface area (Å²) < 4.78 is 21.5. The highest BCUT2D eigenvalue weighted by atomic mass is 16.6. The van der Waals surface area contributed by atoms with Crippen LogP contribution in [0.2, 0.25) is 0 Å². The molecule has 0 radical (unpaired) electrons. The second-order valence-corrected chi connectivity index (χ2v) is 5.36. The number of benzene rings is 1. The largest absolute Gasteiger partial charge is 0.491 e. The zero-order chi connectivity index (χ0) is 16.4. The summed E-state index contributed by atoms with van der Waals surface area (Å²) >= 11 is 0. The fraction of sp³-hybridized carbons (Fsp3) is 0.647. The molecule has 126 valence electrons. The van der Waals surface area contributed by atoms with E-state index >= 15 is 0 Å². The standard InChI is InChI=1S/C17H29NO4/c1-14-13-17(15(2)12-16(14)18(3)4)22-11-10-21-9-8-20-7-6-19-5/h12-13H,6-11H2,1-5H3. The number of hydrogen-bond donors (Lipinski definition) is 0. The Hall–Kier alpha value is -1.30. The minimum absolute atomic E-state index is 0.541. The normalized spacial score (nSPS) is 10.8. The summed E-state index contributed by atoms with van der Waals surface area (Å²) in [5.74, 6) is 0.919. The van der Waals surface area contributed by atoms with Crippen molar-refractivity contribution in [1.82, 2.24) is 0 Å². The van der Waals surface area contributed by atoms with Gasteiger partial charge in [0.25, 0.3) is 0 Å². The van der Waals surface area contributed by atoms with E-state index in [-0.39, 0.29) is 0 Å². The van der Waals surface area contributed by atoms with Gasteiger partial charge in [0, 0.05) is 26.9 Å². The van der Waals surface area contributed by atoms with E-state index in [2.05, 4.69) is 30.9 Å². The Kier molecular flexibility index (Phi) is 8.89. The molecule has 0 atom stereocenters. The Bertz CT molecular complexity index is 435. The van der Waals surface area contributed by atoms with Crippen molar-refractivity contribution >= 4 is 5.69 Å². The first-order valence-corrected chi connectivity index (χ1v) is 7.62. The number of nitrogens with zero attached hydrogens (tertiary/aromatic N) is 1. The topological polar surface area (TPSA) is 40.2 Å². The van der Waals surface area contributed by atoms with Gasteiger partial charge in [0.1, 0.15) is 12.4 Å². The van der Waals surface area contributed by atoms with E-state index in [4.69, 9.17) is 18.9 Å². The first-order valence-electron chi connectivity index (χ1n) is 7.62. The summed E-state index contributed by atoms with van der Waals surface area (Å²) in [6, 6.07) is 4.23. The predicted octanol–water partition coefficient (Wildman–Crippen LogP) is 2.43. The van der Waals surface area contributed by atoms with Crippen molar-refractivity contribution < 1.29 is 18.9 Å². The minimum Gasteiger partial charge on any atom is -0.491 e. The summed E-state index contributed by atoms with van der Waals surface area (Å²) in [5, 5.41) is 0. The molecule has 1 rings (SSSR count). The fourth-order valence-electron chi connectivity index (χ4n) is 2.09. The van der Waals surface area contributed by atoms with Crippen molar-refractivity contribution in [2.24, 2.45) is 0 Å². The highest BCUT2D eigenvalue weighted by Crippen LogP contribution is 2.27. The zero-order valence-electron chi connectivity index (χ0n) is 14.5. The smallest absolute Gasteiger partial charge is 0.122 e. The third kappa shape index (κ3) is 6.64. The maximum Gasteiger partial charge on any atom is 0.122 e. The molecule has 0 aliphatic carbocycles. The van der Waals surface area contributed by atoms with Crippen molar-refractivity contribution in [3.8, 4) is 5.75 Å². The lowest BCUT2D eigenvalue weighted by Gasteiger charge is -2.18. The molecule has 0 fully saturated rings. The summed E-state index contributed by atoms with van der Waals surface area (Å²) in [6.45, 7) is 7.63. The molecule has 0 aliphatic rings. The summed E-state index contributed by atoms with van der Waals surface area (Å²) in [5.41, 5.74) is 3.56. The molecule has 0 spiro atoms. The molecule has 0 heterocycles. The van der Waals surface area contributed by atoms with Crippen LogP contribution in [0.25, 0.3) is 0 Å². The summed E-state index contributed by atoms with van der Waals surface area (Å²) in [6.07, 6.45) is 0. The molecule has 22 heavy (non-hydrogen) atoms. The van der Waals surface area contributed by atoms with E-state index in [1.54, 1.807) is 7.11 Å². The molecule has 0 bridgehead atoms. The fourth-order valence-corrected chi connectivity index (χ4v) is 2.09. The average molecular weight is 311 g/mol. The van der Waals surface area contributed by atoms with E-state index in [9.17, 15) is 0 Å². The highest BCUT2D eigenvalue weighted by Gasteiger charge is 2.07. The van der Waals surface area contributed by atoms with Gasteiger partial charge in [-0.3, -0.25) is 0 Å². The lowest BCUT2D eigenvalue weighted by molar-refractivity contribution is 0.0179. The van der Waals surface area contributed by atoms with Crippen LogP contribution in [0, 0.1) is 13.8 Å². The van der Waals surface area contributed by atoms with Crippen LogP contribution in [-0.2, 0) is 14.2 Å². The van der Waals surface area contributed by atoms with Gasteiger partial charge in [0.15, 0.2) is 0 Å². The quantitative estimate of drug-likeness (QED) is 0.587. The van der Waals surface area contributed by atoms with Crippen molar-refractivity contribution in [2.75, 3.05) is 65.7 Å². The number of anilines is 1. The van der Waals surface area contributed by atoms with Gasteiger partial charge in [-0.1, -0.05) is 0 Å². The minimum atomic E-state index is 0.541. The molecule has 0 saturated heterocycles. The van der Waals surface area contributed by atoms with Gasteiger partial charge in [0.05, 0.1) is 33.0 Å². The Labute approximate surface area is 134 Å². The van der Waals surface area contributed by atoms with Crippen LogP contribution >= 0.6 is 0 Å². The highest BCUT2D eigenvalue weighted by molar-refractivity contribution is 5.57. The molecular formula is C17H29NO4.